The Morgan fingerprint density at radius 1 is 0.867 bits per heavy atom. The summed E-state index contributed by atoms with van der Waals surface area (Å²) >= 11 is 17.7. The maximum Gasteiger partial charge on any atom is 0.555 e. The van der Waals surface area contributed by atoms with Crippen LogP contribution in [-0.4, -0.2) is 56.6 Å². The molecular weight excluding hydrogens is 281 g/mol. The van der Waals surface area contributed by atoms with Gasteiger partial charge in [-0.3, -0.25) is 4.90 Å². The number of hydrogen-bond acceptors (Lipinski definition) is 4. The summed E-state index contributed by atoms with van der Waals surface area (Å²) in [5.41, 5.74) is 0. The number of alkyl halides is 3. The van der Waals surface area contributed by atoms with E-state index in [9.17, 15) is 0 Å². The lowest BCUT2D eigenvalue weighted by atomic mass is 10.4. The summed E-state index contributed by atoms with van der Waals surface area (Å²) in [6.45, 7) is 3.97. The fourth-order valence-corrected chi connectivity index (χ4v) is 4.93. The van der Waals surface area contributed by atoms with Crippen LogP contribution >= 0.6 is 34.8 Å². The van der Waals surface area contributed by atoms with Crippen LogP contribution in [-0.2, 0) is 13.3 Å². The van der Waals surface area contributed by atoms with Crippen LogP contribution in [0, 0.1) is 0 Å². The molecule has 88 valence electrons. The molecule has 0 aromatic heterocycles. The standard InChI is InChI=1S/C7H12Cl3NO3Si/c8-7(9,10)15-12-4-1-11(2-5-13-15)3-6-14-15/h1-6H2. The van der Waals surface area contributed by atoms with E-state index in [0.717, 1.165) is 19.6 Å². The number of nitrogens with zero attached hydrogens (tertiary/aromatic N) is 1. The largest absolute Gasteiger partial charge is 0.555 e. The lowest BCUT2D eigenvalue weighted by molar-refractivity contribution is -0.00836. The third-order valence-corrected chi connectivity index (χ3v) is 6.98. The summed E-state index contributed by atoms with van der Waals surface area (Å²) < 4.78 is 15.1. The van der Waals surface area contributed by atoms with Gasteiger partial charge in [0.1, 0.15) is 0 Å². The van der Waals surface area contributed by atoms with Crippen LogP contribution in [0.15, 0.2) is 0 Å². The summed E-state index contributed by atoms with van der Waals surface area (Å²) in [6, 6.07) is 0. The average molecular weight is 293 g/mol. The molecule has 0 radical (unpaired) electrons. The van der Waals surface area contributed by atoms with Crippen molar-refractivity contribution in [2.24, 2.45) is 0 Å². The first-order valence-corrected chi connectivity index (χ1v) is 7.60. The minimum Gasteiger partial charge on any atom is -0.370 e. The Morgan fingerprint density at radius 2 is 1.27 bits per heavy atom. The predicted molar refractivity (Wildman–Crippen MR) is 60.3 cm³/mol. The van der Waals surface area contributed by atoms with Gasteiger partial charge in [-0.15, -0.1) is 0 Å². The SMILES string of the molecule is ClC(Cl)(Cl)[Si]12OCCN(CCO1)CCO2. The highest BCUT2D eigenvalue weighted by atomic mass is 35.6. The highest BCUT2D eigenvalue weighted by Gasteiger charge is 2.61. The van der Waals surface area contributed by atoms with E-state index in [2.05, 4.69) is 4.90 Å². The normalized spacial score (nSPS) is 38.2. The van der Waals surface area contributed by atoms with E-state index in [-0.39, 0.29) is 0 Å². The minimum atomic E-state index is -3.16. The molecule has 0 saturated carbocycles. The number of hydrogen-bond donors (Lipinski definition) is 0. The smallest absolute Gasteiger partial charge is 0.370 e. The predicted octanol–water partition coefficient (Wildman–Crippen LogP) is 1.21. The van der Waals surface area contributed by atoms with Crippen molar-refractivity contribution in [3.05, 3.63) is 0 Å². The Hall–Kier alpha value is 0.927. The summed E-state index contributed by atoms with van der Waals surface area (Å²) in [6.07, 6.45) is 0. The Labute approximate surface area is 105 Å². The molecule has 2 bridgehead atoms. The Balaban J connectivity index is 2.19. The van der Waals surface area contributed by atoms with Gasteiger partial charge in [0.15, 0.2) is 0 Å². The summed E-state index contributed by atoms with van der Waals surface area (Å²) in [5.74, 6) is 0. The zero-order valence-electron chi connectivity index (χ0n) is 8.05. The molecule has 0 spiro atoms. The molecule has 0 atom stereocenters. The molecule has 3 rings (SSSR count). The molecule has 0 amide bonds. The van der Waals surface area contributed by atoms with Crippen molar-refractivity contribution in [3.8, 4) is 0 Å². The zero-order valence-corrected chi connectivity index (χ0v) is 11.3. The second kappa shape index (κ2) is 4.66. The van der Waals surface area contributed by atoms with Crippen molar-refractivity contribution in [2.45, 2.75) is 3.42 Å². The third-order valence-electron chi connectivity index (χ3n) is 2.45. The molecular formula is C7H12Cl3NO3Si. The lowest BCUT2D eigenvalue weighted by Crippen LogP contribution is -2.62. The highest BCUT2D eigenvalue weighted by Crippen LogP contribution is 2.39. The van der Waals surface area contributed by atoms with Crippen LogP contribution in [0.1, 0.15) is 0 Å². The van der Waals surface area contributed by atoms with Gasteiger partial charge < -0.3 is 13.3 Å². The van der Waals surface area contributed by atoms with Gasteiger partial charge in [-0.25, -0.2) is 0 Å². The number of fused-ring (bicyclic) bond motifs is 6. The van der Waals surface area contributed by atoms with E-state index in [0.29, 0.717) is 19.8 Å². The van der Waals surface area contributed by atoms with E-state index >= 15 is 0 Å². The first kappa shape index (κ1) is 12.4. The summed E-state index contributed by atoms with van der Waals surface area (Å²) in [7, 11) is -3.16. The van der Waals surface area contributed by atoms with E-state index < -0.39 is 12.2 Å². The quantitative estimate of drug-likeness (QED) is 0.496. The zero-order chi connectivity index (χ0) is 10.9. The Morgan fingerprint density at radius 3 is 1.60 bits per heavy atom. The average Bonchev–Trinajstić information content (AvgIpc) is 1.96. The van der Waals surface area contributed by atoms with Crippen molar-refractivity contribution in [3.63, 3.8) is 0 Å². The molecule has 3 fully saturated rings. The van der Waals surface area contributed by atoms with Crippen LogP contribution in [0.25, 0.3) is 0 Å². The van der Waals surface area contributed by atoms with Crippen LogP contribution in [0.5, 0.6) is 0 Å². The van der Waals surface area contributed by atoms with E-state index in [4.69, 9.17) is 48.1 Å². The third kappa shape index (κ3) is 2.61. The summed E-state index contributed by atoms with van der Waals surface area (Å²) in [5, 5.41) is 0. The maximum atomic E-state index is 5.89. The van der Waals surface area contributed by atoms with Gasteiger partial charge >= 0.3 is 8.80 Å². The van der Waals surface area contributed by atoms with Gasteiger partial charge in [-0.05, 0) is 0 Å². The molecule has 0 aromatic rings. The monoisotopic (exact) mass is 291 g/mol. The number of rotatable bonds is 0. The van der Waals surface area contributed by atoms with Crippen molar-refractivity contribution in [2.75, 3.05) is 39.5 Å². The van der Waals surface area contributed by atoms with Gasteiger partial charge in [0.05, 0.1) is 19.8 Å². The van der Waals surface area contributed by atoms with Crippen LogP contribution in [0.4, 0.5) is 0 Å². The molecule has 0 aromatic carbocycles. The first-order chi connectivity index (χ1) is 7.04. The molecule has 4 nitrogen and oxygen atoms in total. The number of halogens is 3. The van der Waals surface area contributed by atoms with Crippen molar-refractivity contribution < 1.29 is 13.3 Å². The molecule has 0 unspecified atom stereocenters. The van der Waals surface area contributed by atoms with Crippen molar-refractivity contribution >= 4 is 43.6 Å². The van der Waals surface area contributed by atoms with Gasteiger partial charge in [-0.2, -0.15) is 0 Å². The van der Waals surface area contributed by atoms with Gasteiger partial charge in [0, 0.05) is 19.6 Å². The second-order valence-electron chi connectivity index (χ2n) is 3.44. The molecule has 8 heteroatoms. The van der Waals surface area contributed by atoms with Crippen molar-refractivity contribution in [1.29, 1.82) is 0 Å². The second-order valence-corrected chi connectivity index (χ2v) is 9.40. The maximum absolute atomic E-state index is 5.89. The Kier molecular flexibility index (Phi) is 3.85. The molecule has 0 N–H and O–H groups in total. The van der Waals surface area contributed by atoms with Crippen LogP contribution in [0.3, 0.4) is 0 Å². The van der Waals surface area contributed by atoms with Gasteiger partial charge in [0.2, 0.25) is 0 Å². The fraction of sp³-hybridized carbons (Fsp3) is 1.00. The van der Waals surface area contributed by atoms with E-state index in [1.807, 2.05) is 0 Å². The summed E-state index contributed by atoms with van der Waals surface area (Å²) in [4.78, 5) is 2.20. The van der Waals surface area contributed by atoms with Crippen LogP contribution in [0.2, 0.25) is 0 Å². The molecule has 15 heavy (non-hydrogen) atoms. The van der Waals surface area contributed by atoms with Gasteiger partial charge in [0.25, 0.3) is 3.42 Å². The van der Waals surface area contributed by atoms with E-state index in [1.165, 1.54) is 0 Å². The molecule has 3 heterocycles. The van der Waals surface area contributed by atoms with Crippen LogP contribution < -0.4 is 0 Å². The molecule has 3 saturated heterocycles. The Bertz CT molecular complexity index is 211. The molecule has 0 aliphatic carbocycles. The lowest BCUT2D eigenvalue weighted by Gasteiger charge is -2.40. The first-order valence-electron chi connectivity index (χ1n) is 4.74. The van der Waals surface area contributed by atoms with E-state index in [1.54, 1.807) is 0 Å². The molecule has 3 aliphatic rings. The molecule has 3 aliphatic heterocycles. The highest BCUT2D eigenvalue weighted by molar-refractivity contribution is 6.96. The van der Waals surface area contributed by atoms with Crippen molar-refractivity contribution in [1.82, 2.24) is 4.90 Å². The van der Waals surface area contributed by atoms with Gasteiger partial charge in [-0.1, -0.05) is 34.8 Å². The fourth-order valence-electron chi connectivity index (χ4n) is 1.63. The topological polar surface area (TPSA) is 30.9 Å². The minimum absolute atomic E-state index is 0.486.